The smallest absolute Gasteiger partial charge is 0.274 e. The maximum atomic E-state index is 12.4. The maximum Gasteiger partial charge on any atom is 0.274 e. The van der Waals surface area contributed by atoms with E-state index < -0.39 is 0 Å². The topological polar surface area (TPSA) is 48.5 Å². The molecule has 1 unspecified atom stereocenters. The molecule has 0 saturated carbocycles. The van der Waals surface area contributed by atoms with Gasteiger partial charge in [0.25, 0.3) is 5.91 Å². The molecule has 26 heavy (non-hydrogen) atoms. The van der Waals surface area contributed by atoms with Gasteiger partial charge in [-0.1, -0.05) is 6.92 Å². The number of hydrogen-bond donors (Lipinski definition) is 1. The van der Waals surface area contributed by atoms with Gasteiger partial charge in [-0.05, 0) is 62.1 Å². The molecule has 1 aromatic heterocycles. The summed E-state index contributed by atoms with van der Waals surface area (Å²) in [4.78, 5) is 21.3. The van der Waals surface area contributed by atoms with Gasteiger partial charge in [0, 0.05) is 38.1 Å². The van der Waals surface area contributed by atoms with Gasteiger partial charge in [0.1, 0.15) is 5.69 Å². The number of anilines is 3. The molecule has 0 spiro atoms. The molecule has 1 N–H and O–H groups in total. The summed E-state index contributed by atoms with van der Waals surface area (Å²) >= 11 is 0. The van der Waals surface area contributed by atoms with Gasteiger partial charge in [0.05, 0.1) is 11.9 Å². The number of amides is 1. The summed E-state index contributed by atoms with van der Waals surface area (Å²) in [6.07, 6.45) is 6.74. The first-order valence-electron chi connectivity index (χ1n) is 9.40. The minimum Gasteiger partial charge on any atom is -0.378 e. The minimum atomic E-state index is -0.181. The van der Waals surface area contributed by atoms with E-state index in [1.54, 1.807) is 0 Å². The van der Waals surface area contributed by atoms with Crippen LogP contribution in [0.1, 0.15) is 43.1 Å². The number of piperidine rings is 1. The fourth-order valence-corrected chi connectivity index (χ4v) is 3.49. The van der Waals surface area contributed by atoms with Crippen LogP contribution in [0.15, 0.2) is 42.6 Å². The van der Waals surface area contributed by atoms with E-state index in [4.69, 9.17) is 0 Å². The Bertz CT molecular complexity index is 725. The molecule has 1 fully saturated rings. The molecule has 0 radical (unpaired) electrons. The lowest BCUT2D eigenvalue weighted by Crippen LogP contribution is -2.39. The normalized spacial score (nSPS) is 17.0. The number of aromatic nitrogens is 1. The molecule has 2 heterocycles. The zero-order valence-corrected chi connectivity index (χ0v) is 15.9. The van der Waals surface area contributed by atoms with Crippen LogP contribution in [0.3, 0.4) is 0 Å². The maximum absolute atomic E-state index is 12.4. The summed E-state index contributed by atoms with van der Waals surface area (Å²) < 4.78 is 0. The van der Waals surface area contributed by atoms with Crippen molar-refractivity contribution in [2.75, 3.05) is 35.8 Å². The van der Waals surface area contributed by atoms with Gasteiger partial charge < -0.3 is 15.1 Å². The molecule has 1 aliphatic rings. The number of carbonyl (C=O) groups excluding carboxylic acids is 1. The van der Waals surface area contributed by atoms with Crippen molar-refractivity contribution in [3.63, 3.8) is 0 Å². The standard InChI is InChI=1S/C21H28N4O/c1-4-17-7-5-6-14-25(17)19-12-13-20(22-15-19)21(26)23-16-8-10-18(11-9-16)24(2)3/h8-13,15,17H,4-7,14H2,1-3H3,(H,23,26). The minimum absolute atomic E-state index is 0.181. The first-order chi connectivity index (χ1) is 12.6. The molecule has 1 saturated heterocycles. The highest BCUT2D eigenvalue weighted by atomic mass is 16.1. The van der Waals surface area contributed by atoms with Crippen LogP contribution in [0, 0.1) is 0 Å². The third-order valence-electron chi connectivity index (χ3n) is 5.05. The largest absolute Gasteiger partial charge is 0.378 e. The predicted octanol–water partition coefficient (Wildman–Crippen LogP) is 4.17. The van der Waals surface area contributed by atoms with Gasteiger partial charge >= 0.3 is 0 Å². The molecule has 1 aliphatic heterocycles. The SMILES string of the molecule is CCC1CCCCN1c1ccc(C(=O)Nc2ccc(N(C)C)cc2)nc1. The summed E-state index contributed by atoms with van der Waals surface area (Å²) in [5, 5.41) is 2.91. The molecule has 2 aromatic rings. The molecule has 1 aromatic carbocycles. The number of hydrogen-bond acceptors (Lipinski definition) is 4. The van der Waals surface area contributed by atoms with Crippen molar-refractivity contribution < 1.29 is 4.79 Å². The number of nitrogens with zero attached hydrogens (tertiary/aromatic N) is 3. The van der Waals surface area contributed by atoms with Crippen molar-refractivity contribution in [3.8, 4) is 0 Å². The molecular weight excluding hydrogens is 324 g/mol. The monoisotopic (exact) mass is 352 g/mol. The Kier molecular flexibility index (Phi) is 5.76. The molecule has 138 valence electrons. The van der Waals surface area contributed by atoms with Crippen LogP contribution in [-0.2, 0) is 0 Å². The van der Waals surface area contributed by atoms with E-state index in [1.807, 2.05) is 61.6 Å². The van der Waals surface area contributed by atoms with Crippen LogP contribution < -0.4 is 15.1 Å². The molecule has 0 bridgehead atoms. The van der Waals surface area contributed by atoms with E-state index in [-0.39, 0.29) is 5.91 Å². The molecule has 5 heteroatoms. The molecular formula is C21H28N4O. The Morgan fingerprint density at radius 3 is 2.58 bits per heavy atom. The van der Waals surface area contributed by atoms with Gasteiger partial charge in [-0.15, -0.1) is 0 Å². The molecule has 1 atom stereocenters. The van der Waals surface area contributed by atoms with Gasteiger partial charge in [0.15, 0.2) is 0 Å². The van der Waals surface area contributed by atoms with E-state index in [2.05, 4.69) is 22.1 Å². The van der Waals surface area contributed by atoms with E-state index in [1.165, 1.54) is 19.3 Å². The van der Waals surface area contributed by atoms with Gasteiger partial charge in [-0.2, -0.15) is 0 Å². The lowest BCUT2D eigenvalue weighted by atomic mass is 9.99. The summed E-state index contributed by atoms with van der Waals surface area (Å²) in [5.41, 5.74) is 3.42. The zero-order valence-electron chi connectivity index (χ0n) is 15.9. The van der Waals surface area contributed by atoms with Crippen molar-refractivity contribution >= 4 is 23.0 Å². The second-order valence-corrected chi connectivity index (χ2v) is 7.05. The second kappa shape index (κ2) is 8.21. The van der Waals surface area contributed by atoms with Crippen LogP contribution in [0.4, 0.5) is 17.1 Å². The quantitative estimate of drug-likeness (QED) is 0.877. The van der Waals surface area contributed by atoms with E-state index in [0.29, 0.717) is 11.7 Å². The third kappa shape index (κ3) is 4.15. The van der Waals surface area contributed by atoms with Crippen molar-refractivity contribution in [2.45, 2.75) is 38.6 Å². The van der Waals surface area contributed by atoms with Crippen molar-refractivity contribution in [3.05, 3.63) is 48.3 Å². The Balaban J connectivity index is 1.66. The predicted molar refractivity (Wildman–Crippen MR) is 108 cm³/mol. The highest BCUT2D eigenvalue weighted by Gasteiger charge is 2.21. The molecule has 5 nitrogen and oxygen atoms in total. The molecule has 3 rings (SSSR count). The number of benzene rings is 1. The third-order valence-corrected chi connectivity index (χ3v) is 5.05. The van der Waals surface area contributed by atoms with Crippen molar-refractivity contribution in [1.29, 1.82) is 0 Å². The fraction of sp³-hybridized carbons (Fsp3) is 0.429. The van der Waals surface area contributed by atoms with Crippen molar-refractivity contribution in [1.82, 2.24) is 4.98 Å². The van der Waals surface area contributed by atoms with E-state index >= 15 is 0 Å². The fourth-order valence-electron chi connectivity index (χ4n) is 3.49. The van der Waals surface area contributed by atoms with Crippen LogP contribution >= 0.6 is 0 Å². The lowest BCUT2D eigenvalue weighted by Gasteiger charge is -2.37. The Labute approximate surface area is 156 Å². The van der Waals surface area contributed by atoms with E-state index in [0.717, 1.165) is 30.0 Å². The van der Waals surface area contributed by atoms with Crippen LogP contribution in [-0.4, -0.2) is 37.6 Å². The molecule has 0 aliphatic carbocycles. The average molecular weight is 352 g/mol. The van der Waals surface area contributed by atoms with Crippen molar-refractivity contribution in [2.24, 2.45) is 0 Å². The van der Waals surface area contributed by atoms with E-state index in [9.17, 15) is 4.79 Å². The van der Waals surface area contributed by atoms with Gasteiger partial charge in [0.2, 0.25) is 0 Å². The zero-order chi connectivity index (χ0) is 18.5. The first kappa shape index (κ1) is 18.2. The Hall–Kier alpha value is -2.56. The highest BCUT2D eigenvalue weighted by molar-refractivity contribution is 6.03. The number of rotatable bonds is 5. The summed E-state index contributed by atoms with van der Waals surface area (Å²) in [5.74, 6) is -0.181. The van der Waals surface area contributed by atoms with Gasteiger partial charge in [-0.3, -0.25) is 4.79 Å². The van der Waals surface area contributed by atoms with Crippen LogP contribution in [0.2, 0.25) is 0 Å². The average Bonchev–Trinajstić information content (AvgIpc) is 2.68. The first-order valence-corrected chi connectivity index (χ1v) is 9.40. The summed E-state index contributed by atoms with van der Waals surface area (Å²) in [6.45, 7) is 3.31. The number of pyridine rings is 1. The molecule has 1 amide bonds. The number of nitrogens with one attached hydrogen (secondary N) is 1. The Morgan fingerprint density at radius 2 is 1.96 bits per heavy atom. The number of carbonyl (C=O) groups is 1. The van der Waals surface area contributed by atoms with Gasteiger partial charge in [-0.25, -0.2) is 4.98 Å². The lowest BCUT2D eigenvalue weighted by molar-refractivity contribution is 0.102. The summed E-state index contributed by atoms with van der Waals surface area (Å²) in [7, 11) is 3.98. The highest BCUT2D eigenvalue weighted by Crippen LogP contribution is 2.26. The Morgan fingerprint density at radius 1 is 1.19 bits per heavy atom. The second-order valence-electron chi connectivity index (χ2n) is 7.05. The summed E-state index contributed by atoms with van der Waals surface area (Å²) in [6, 6.07) is 12.2. The van der Waals surface area contributed by atoms with Crippen LogP contribution in [0.5, 0.6) is 0 Å². The van der Waals surface area contributed by atoms with Crippen LogP contribution in [0.25, 0.3) is 0 Å².